The number of amides is 1. The molecule has 0 heterocycles. The summed E-state index contributed by atoms with van der Waals surface area (Å²) in [6.07, 6.45) is 0.0649. The van der Waals surface area contributed by atoms with Gasteiger partial charge >= 0.3 is 0 Å². The van der Waals surface area contributed by atoms with Crippen molar-refractivity contribution >= 4 is 27.3 Å². The van der Waals surface area contributed by atoms with E-state index in [1.807, 2.05) is 0 Å². The molecule has 2 aromatic carbocycles. The van der Waals surface area contributed by atoms with Crippen LogP contribution in [0.2, 0.25) is 0 Å². The van der Waals surface area contributed by atoms with Gasteiger partial charge in [-0.05, 0) is 29.8 Å². The molecule has 0 aromatic heterocycles. The van der Waals surface area contributed by atoms with Gasteiger partial charge in [0.2, 0.25) is 5.91 Å². The maximum atomic E-state index is 12.2. The Morgan fingerprint density at radius 1 is 1.09 bits per heavy atom. The molecular weight excluding hydrogens is 322 g/mol. The van der Waals surface area contributed by atoms with E-state index in [0.29, 0.717) is 11.3 Å². The number of primary amides is 1. The topological polar surface area (TPSA) is 132 Å². The van der Waals surface area contributed by atoms with E-state index in [1.165, 1.54) is 12.1 Å². The van der Waals surface area contributed by atoms with Crippen LogP contribution in [-0.4, -0.2) is 19.2 Å². The third-order valence-corrected chi connectivity index (χ3v) is 4.34. The monoisotopic (exact) mass is 335 g/mol. The highest BCUT2D eigenvalue weighted by Gasteiger charge is 2.16. The SMILES string of the molecule is NC(=O)Cc1ccc(NS(=O)(=O)c2ccc([N+](=O)[O-])cc2)cc1. The number of hydrogen-bond acceptors (Lipinski definition) is 5. The molecule has 1 amide bonds. The Morgan fingerprint density at radius 2 is 1.65 bits per heavy atom. The molecule has 0 aliphatic rings. The summed E-state index contributed by atoms with van der Waals surface area (Å²) >= 11 is 0. The molecule has 120 valence electrons. The average molecular weight is 335 g/mol. The minimum atomic E-state index is -3.86. The molecule has 3 N–H and O–H groups in total. The van der Waals surface area contributed by atoms with Gasteiger partial charge < -0.3 is 5.73 Å². The smallest absolute Gasteiger partial charge is 0.269 e. The summed E-state index contributed by atoms with van der Waals surface area (Å²) in [6.45, 7) is 0. The maximum absolute atomic E-state index is 12.2. The average Bonchev–Trinajstić information content (AvgIpc) is 2.48. The van der Waals surface area contributed by atoms with E-state index in [1.54, 1.807) is 12.1 Å². The first kappa shape index (κ1) is 16.4. The third kappa shape index (κ3) is 4.27. The van der Waals surface area contributed by atoms with E-state index in [9.17, 15) is 23.3 Å². The Bertz CT molecular complexity index is 830. The summed E-state index contributed by atoms with van der Waals surface area (Å²) in [4.78, 5) is 20.7. The van der Waals surface area contributed by atoms with Gasteiger partial charge in [-0.2, -0.15) is 0 Å². The summed E-state index contributed by atoms with van der Waals surface area (Å²) < 4.78 is 26.7. The molecule has 0 saturated heterocycles. The highest BCUT2D eigenvalue weighted by Crippen LogP contribution is 2.19. The fourth-order valence-corrected chi connectivity index (χ4v) is 2.91. The van der Waals surface area contributed by atoms with Crippen LogP contribution < -0.4 is 10.5 Å². The molecule has 9 heteroatoms. The fraction of sp³-hybridized carbons (Fsp3) is 0.0714. The quantitative estimate of drug-likeness (QED) is 0.608. The van der Waals surface area contributed by atoms with E-state index in [-0.39, 0.29) is 17.0 Å². The lowest BCUT2D eigenvalue weighted by molar-refractivity contribution is -0.384. The Kier molecular flexibility index (Phi) is 4.60. The second-order valence-electron chi connectivity index (χ2n) is 4.70. The van der Waals surface area contributed by atoms with Gasteiger partial charge in [0.25, 0.3) is 15.7 Å². The van der Waals surface area contributed by atoms with Gasteiger partial charge in [-0.1, -0.05) is 12.1 Å². The van der Waals surface area contributed by atoms with Gasteiger partial charge in [-0.3, -0.25) is 19.6 Å². The largest absolute Gasteiger partial charge is 0.369 e. The molecule has 23 heavy (non-hydrogen) atoms. The molecule has 0 aliphatic carbocycles. The van der Waals surface area contributed by atoms with E-state index < -0.39 is 20.9 Å². The number of nitrogens with two attached hydrogens (primary N) is 1. The number of sulfonamides is 1. The fourth-order valence-electron chi connectivity index (χ4n) is 1.85. The lowest BCUT2D eigenvalue weighted by Gasteiger charge is -2.08. The predicted octanol–water partition coefficient (Wildman–Crippen LogP) is 1.42. The standard InChI is InChI=1S/C14H13N3O5S/c15-14(18)9-10-1-3-11(4-2-10)16-23(21,22)13-7-5-12(6-8-13)17(19)20/h1-8,16H,9H2,(H2,15,18). The summed E-state index contributed by atoms with van der Waals surface area (Å²) in [7, 11) is -3.86. The Labute approximate surface area is 132 Å². The molecule has 8 nitrogen and oxygen atoms in total. The first-order valence-electron chi connectivity index (χ1n) is 6.42. The molecule has 2 rings (SSSR count). The number of nitrogens with one attached hydrogen (secondary N) is 1. The molecular formula is C14H13N3O5S. The van der Waals surface area contributed by atoms with Crippen molar-refractivity contribution in [2.45, 2.75) is 11.3 Å². The molecule has 0 spiro atoms. The van der Waals surface area contributed by atoms with Crippen molar-refractivity contribution in [3.05, 3.63) is 64.2 Å². The number of rotatable bonds is 6. The normalized spacial score (nSPS) is 11.0. The van der Waals surface area contributed by atoms with Crippen molar-refractivity contribution in [1.82, 2.24) is 0 Å². The highest BCUT2D eigenvalue weighted by molar-refractivity contribution is 7.92. The van der Waals surface area contributed by atoms with Gasteiger partial charge in [-0.25, -0.2) is 8.42 Å². The minimum absolute atomic E-state index is 0.0649. The van der Waals surface area contributed by atoms with Crippen molar-refractivity contribution in [3.8, 4) is 0 Å². The lowest BCUT2D eigenvalue weighted by atomic mass is 10.1. The molecule has 0 radical (unpaired) electrons. The number of non-ortho nitro benzene ring substituents is 1. The van der Waals surface area contributed by atoms with Gasteiger partial charge in [0.15, 0.2) is 0 Å². The molecule has 0 bridgehead atoms. The molecule has 0 aliphatic heterocycles. The lowest BCUT2D eigenvalue weighted by Crippen LogP contribution is -2.14. The van der Waals surface area contributed by atoms with Crippen molar-refractivity contribution in [2.75, 3.05) is 4.72 Å². The van der Waals surface area contributed by atoms with E-state index >= 15 is 0 Å². The number of carbonyl (C=O) groups is 1. The van der Waals surface area contributed by atoms with Crippen LogP contribution in [0.1, 0.15) is 5.56 Å². The first-order chi connectivity index (χ1) is 10.8. The van der Waals surface area contributed by atoms with Crippen LogP contribution >= 0.6 is 0 Å². The summed E-state index contributed by atoms with van der Waals surface area (Å²) in [5, 5.41) is 10.6. The number of hydrogen-bond donors (Lipinski definition) is 2. The van der Waals surface area contributed by atoms with E-state index in [0.717, 1.165) is 24.3 Å². The first-order valence-corrected chi connectivity index (χ1v) is 7.91. The van der Waals surface area contributed by atoms with Crippen molar-refractivity contribution in [1.29, 1.82) is 0 Å². The molecule has 0 fully saturated rings. The van der Waals surface area contributed by atoms with Crippen molar-refractivity contribution in [3.63, 3.8) is 0 Å². The maximum Gasteiger partial charge on any atom is 0.269 e. The second-order valence-corrected chi connectivity index (χ2v) is 6.38. The van der Waals surface area contributed by atoms with E-state index in [4.69, 9.17) is 5.73 Å². The zero-order valence-electron chi connectivity index (χ0n) is 11.8. The second kappa shape index (κ2) is 6.44. The van der Waals surface area contributed by atoms with Crippen LogP contribution in [0, 0.1) is 10.1 Å². The minimum Gasteiger partial charge on any atom is -0.369 e. The van der Waals surface area contributed by atoms with Crippen LogP contribution in [-0.2, 0) is 21.2 Å². The van der Waals surface area contributed by atoms with Crippen LogP contribution in [0.4, 0.5) is 11.4 Å². The van der Waals surface area contributed by atoms with Gasteiger partial charge in [0.05, 0.1) is 16.2 Å². The van der Waals surface area contributed by atoms with Gasteiger partial charge in [0, 0.05) is 17.8 Å². The van der Waals surface area contributed by atoms with E-state index in [2.05, 4.69) is 4.72 Å². The summed E-state index contributed by atoms with van der Waals surface area (Å²) in [5.41, 5.74) is 5.85. The number of carbonyl (C=O) groups excluding carboxylic acids is 1. The summed E-state index contributed by atoms with van der Waals surface area (Å²) in [5.74, 6) is -0.482. The number of anilines is 1. The van der Waals surface area contributed by atoms with Crippen LogP contribution in [0.25, 0.3) is 0 Å². The highest BCUT2D eigenvalue weighted by atomic mass is 32.2. The predicted molar refractivity (Wildman–Crippen MR) is 83.2 cm³/mol. The van der Waals surface area contributed by atoms with Crippen LogP contribution in [0.15, 0.2) is 53.4 Å². The van der Waals surface area contributed by atoms with Crippen LogP contribution in [0.5, 0.6) is 0 Å². The van der Waals surface area contributed by atoms with Crippen molar-refractivity contribution < 1.29 is 18.1 Å². The van der Waals surface area contributed by atoms with Crippen molar-refractivity contribution in [2.24, 2.45) is 5.73 Å². The number of benzene rings is 2. The number of nitro groups is 1. The Hall–Kier alpha value is -2.94. The molecule has 0 saturated carbocycles. The number of nitro benzene ring substituents is 1. The van der Waals surface area contributed by atoms with Gasteiger partial charge in [-0.15, -0.1) is 0 Å². The molecule has 0 unspecified atom stereocenters. The zero-order valence-corrected chi connectivity index (χ0v) is 12.6. The molecule has 0 atom stereocenters. The Balaban J connectivity index is 2.17. The Morgan fingerprint density at radius 3 is 2.13 bits per heavy atom. The number of nitrogens with zero attached hydrogens (tertiary/aromatic N) is 1. The zero-order chi connectivity index (χ0) is 17.0. The third-order valence-electron chi connectivity index (χ3n) is 2.94. The summed E-state index contributed by atoms with van der Waals surface area (Å²) in [6, 6.07) is 10.7. The van der Waals surface area contributed by atoms with Gasteiger partial charge in [0.1, 0.15) is 0 Å². The molecule has 2 aromatic rings. The van der Waals surface area contributed by atoms with Crippen LogP contribution in [0.3, 0.4) is 0 Å².